The van der Waals surface area contributed by atoms with Crippen molar-refractivity contribution in [3.05, 3.63) is 96.9 Å². The number of benzene rings is 3. The fraction of sp³-hybridized carbons (Fsp3) is 0.200. The highest BCUT2D eigenvalue weighted by molar-refractivity contribution is 8.08. The summed E-state index contributed by atoms with van der Waals surface area (Å²) in [6, 6.07) is 20.2. The van der Waals surface area contributed by atoms with Gasteiger partial charge in [-0.05, 0) is 44.2 Å². The number of aryl methyl sites for hydroxylation is 2. The molecule has 0 aliphatic carbocycles. The van der Waals surface area contributed by atoms with Gasteiger partial charge in [0.05, 0.1) is 23.8 Å². The largest absolute Gasteiger partial charge is 0.744 e. The Labute approximate surface area is 256 Å². The molecule has 6 rings (SSSR count). The van der Waals surface area contributed by atoms with Gasteiger partial charge in [-0.25, -0.2) is 8.42 Å². The molecular formula is C30H29N3O5S4. The first-order valence-electron chi connectivity index (χ1n) is 13.0. The number of nitrogens with zero attached hydrogens (tertiary/aromatic N) is 3. The highest BCUT2D eigenvalue weighted by Crippen LogP contribution is 2.46. The van der Waals surface area contributed by atoms with Gasteiger partial charge in [0.25, 0.3) is 10.6 Å². The number of fused-ring (bicyclic) bond motifs is 2. The van der Waals surface area contributed by atoms with Crippen molar-refractivity contribution in [2.75, 3.05) is 19.1 Å². The molecule has 5 aromatic rings. The molecule has 3 heterocycles. The number of hydrogen-bond acceptors (Lipinski definition) is 9. The van der Waals surface area contributed by atoms with Crippen LogP contribution in [0, 0.1) is 6.92 Å². The number of methoxy groups -OCH3 is 1. The lowest BCUT2D eigenvalue weighted by atomic mass is 10.2. The minimum atomic E-state index is -4.27. The van der Waals surface area contributed by atoms with E-state index in [9.17, 15) is 17.8 Å². The fourth-order valence-corrected chi connectivity index (χ4v) is 8.54. The Hall–Kier alpha value is -3.42. The highest BCUT2D eigenvalue weighted by Gasteiger charge is 2.25. The Balaban J connectivity index is 0.000000271. The molecule has 0 fully saturated rings. The van der Waals surface area contributed by atoms with Crippen LogP contribution < -0.4 is 29.0 Å². The molecule has 0 radical (unpaired) electrons. The lowest BCUT2D eigenvalue weighted by Crippen LogP contribution is -2.34. The van der Waals surface area contributed by atoms with Crippen molar-refractivity contribution < 1.29 is 22.3 Å². The maximum atomic E-state index is 13.3. The van der Waals surface area contributed by atoms with Crippen LogP contribution in [0.15, 0.2) is 81.3 Å². The quantitative estimate of drug-likeness (QED) is 0.217. The number of aromatic nitrogens is 2. The van der Waals surface area contributed by atoms with Gasteiger partial charge in [-0.15, -0.1) is 11.3 Å². The summed E-state index contributed by atoms with van der Waals surface area (Å²) in [6.07, 6.45) is 2.14. The molecule has 8 nitrogen and oxygen atoms in total. The van der Waals surface area contributed by atoms with Crippen molar-refractivity contribution in [3.63, 3.8) is 0 Å². The minimum Gasteiger partial charge on any atom is -0.744 e. The van der Waals surface area contributed by atoms with Crippen LogP contribution in [0.5, 0.6) is 5.75 Å². The summed E-state index contributed by atoms with van der Waals surface area (Å²) >= 11 is 4.95. The van der Waals surface area contributed by atoms with E-state index < -0.39 is 10.1 Å². The maximum Gasteiger partial charge on any atom is 0.271 e. The van der Waals surface area contributed by atoms with Gasteiger partial charge in [-0.1, -0.05) is 52.9 Å². The van der Waals surface area contributed by atoms with Crippen molar-refractivity contribution in [1.82, 2.24) is 4.57 Å². The standard InChI is InChI=1S/C23H22N3O2S3.C7H8O3S/c1-5-26-20(13-19-24(2)15-8-6-7-9-17(15)29-19)31-21(22(26)27)23-25(3)16-12-14(28-4)10-11-18(16)30-23;1-6-2-4-7(5-3-6)11(8,9)10/h6-13H,5H2,1-4H3;2-5H,1H3,(H,8,9,10)/q+1;/p-1. The molecule has 0 amide bonds. The molecule has 0 saturated carbocycles. The zero-order valence-electron chi connectivity index (χ0n) is 23.7. The highest BCUT2D eigenvalue weighted by atomic mass is 32.2. The van der Waals surface area contributed by atoms with E-state index in [1.165, 1.54) is 22.3 Å². The first-order chi connectivity index (χ1) is 20.0. The molecule has 0 atom stereocenters. The monoisotopic (exact) mass is 639 g/mol. The number of rotatable bonds is 4. The summed E-state index contributed by atoms with van der Waals surface area (Å²) in [7, 11) is 1.49. The summed E-state index contributed by atoms with van der Waals surface area (Å²) in [5, 5.41) is 2.10. The minimum absolute atomic E-state index is 0.0663. The molecule has 0 spiro atoms. The number of ether oxygens (including phenoxy) is 1. The van der Waals surface area contributed by atoms with Gasteiger partial charge in [0.1, 0.15) is 41.8 Å². The molecule has 0 unspecified atom stereocenters. The Bertz CT molecular complexity index is 2080. The van der Waals surface area contributed by atoms with Gasteiger partial charge in [-0.3, -0.25) is 9.36 Å². The zero-order chi connectivity index (χ0) is 30.2. The molecule has 218 valence electrons. The van der Waals surface area contributed by atoms with Crippen LogP contribution in [-0.2, 0) is 23.7 Å². The number of thioether (sulfide) groups is 1. The Morgan fingerprint density at radius 3 is 2.40 bits per heavy atom. The van der Waals surface area contributed by atoms with Gasteiger partial charge in [0, 0.05) is 30.6 Å². The molecule has 0 N–H and O–H groups in total. The van der Waals surface area contributed by atoms with Crippen LogP contribution >= 0.6 is 34.4 Å². The van der Waals surface area contributed by atoms with E-state index >= 15 is 0 Å². The summed E-state index contributed by atoms with van der Waals surface area (Å²) in [5.41, 5.74) is 3.26. The van der Waals surface area contributed by atoms with Crippen molar-refractivity contribution in [1.29, 1.82) is 0 Å². The van der Waals surface area contributed by atoms with Crippen LogP contribution in [0.1, 0.15) is 17.5 Å². The second-order valence-corrected chi connectivity index (χ2v) is 14.0. The maximum absolute atomic E-state index is 13.3. The fourth-order valence-electron chi connectivity index (χ4n) is 4.48. The van der Waals surface area contributed by atoms with Gasteiger partial charge in [0.15, 0.2) is 0 Å². The van der Waals surface area contributed by atoms with Gasteiger partial charge in [-0.2, -0.15) is 4.57 Å². The van der Waals surface area contributed by atoms with Crippen molar-refractivity contribution in [2.24, 2.45) is 7.05 Å². The predicted molar refractivity (Wildman–Crippen MR) is 170 cm³/mol. The third-order valence-corrected chi connectivity index (χ3v) is 11.3. The van der Waals surface area contributed by atoms with Crippen LogP contribution in [0.25, 0.3) is 21.3 Å². The van der Waals surface area contributed by atoms with Gasteiger partial charge < -0.3 is 14.2 Å². The van der Waals surface area contributed by atoms with E-state index in [1.807, 2.05) is 37.6 Å². The molecular weight excluding hydrogens is 611 g/mol. The van der Waals surface area contributed by atoms with E-state index in [2.05, 4.69) is 52.9 Å². The lowest BCUT2D eigenvalue weighted by molar-refractivity contribution is -0.642. The summed E-state index contributed by atoms with van der Waals surface area (Å²) in [6.45, 7) is 4.48. The van der Waals surface area contributed by atoms with E-state index in [0.29, 0.717) is 6.54 Å². The Morgan fingerprint density at radius 1 is 1.05 bits per heavy atom. The van der Waals surface area contributed by atoms with Gasteiger partial charge >= 0.3 is 0 Å². The number of thiazole rings is 2. The number of hydrogen-bond donors (Lipinski definition) is 0. The SMILES string of the molecule is CCn1c(=Cc2sc3ccccc3[n+]2C)sc(=C2Sc3ccc(OC)cc3N2C)c1=O.Cc1ccc(S(=O)(=O)[O-])cc1. The lowest BCUT2D eigenvalue weighted by Gasteiger charge is -2.13. The Kier molecular flexibility index (Phi) is 8.63. The zero-order valence-corrected chi connectivity index (χ0v) is 26.9. The van der Waals surface area contributed by atoms with Crippen molar-refractivity contribution in [2.45, 2.75) is 30.2 Å². The normalized spacial score (nSPS) is 14.6. The molecule has 1 aliphatic heterocycles. The van der Waals surface area contributed by atoms with Crippen molar-refractivity contribution >= 4 is 71.6 Å². The molecule has 3 aromatic carbocycles. The average Bonchev–Trinajstić information content (AvgIpc) is 3.58. The predicted octanol–water partition coefficient (Wildman–Crippen LogP) is 4.01. The van der Waals surface area contributed by atoms with Crippen LogP contribution in [-0.4, -0.2) is 31.7 Å². The van der Waals surface area contributed by atoms with E-state index in [4.69, 9.17) is 4.74 Å². The summed E-state index contributed by atoms with van der Waals surface area (Å²) in [4.78, 5) is 16.4. The van der Waals surface area contributed by atoms with Crippen LogP contribution in [0.3, 0.4) is 0 Å². The third kappa shape index (κ3) is 5.90. The first kappa shape index (κ1) is 30.1. The van der Waals surface area contributed by atoms with E-state index in [-0.39, 0.29) is 10.5 Å². The molecule has 2 aromatic heterocycles. The second-order valence-electron chi connectivity index (χ2n) is 9.50. The molecule has 0 bridgehead atoms. The van der Waals surface area contributed by atoms with E-state index in [0.717, 1.165) is 41.1 Å². The molecule has 42 heavy (non-hydrogen) atoms. The topological polar surface area (TPSA) is 95.6 Å². The van der Waals surface area contributed by atoms with Crippen molar-refractivity contribution in [3.8, 4) is 5.75 Å². The van der Waals surface area contributed by atoms with E-state index in [1.54, 1.807) is 53.7 Å². The summed E-state index contributed by atoms with van der Waals surface area (Å²) in [5.74, 6) is 0.816. The van der Waals surface area contributed by atoms with Crippen LogP contribution in [0.4, 0.5) is 5.69 Å². The number of anilines is 1. The molecule has 1 aliphatic rings. The smallest absolute Gasteiger partial charge is 0.271 e. The number of para-hydroxylation sites is 1. The van der Waals surface area contributed by atoms with Crippen LogP contribution in [0.2, 0.25) is 0 Å². The summed E-state index contributed by atoms with van der Waals surface area (Å²) < 4.78 is 43.6. The molecule has 0 saturated heterocycles. The second kappa shape index (κ2) is 12.1. The Morgan fingerprint density at radius 2 is 1.76 bits per heavy atom. The first-order valence-corrected chi connectivity index (χ1v) is 16.8. The average molecular weight is 640 g/mol. The third-order valence-electron chi connectivity index (χ3n) is 6.79. The molecule has 12 heteroatoms. The van der Waals surface area contributed by atoms with Gasteiger partial charge in [0.2, 0.25) is 5.52 Å².